The molecule has 0 aromatic heterocycles. The molecule has 2 heteroatoms. The Morgan fingerprint density at radius 1 is 1.38 bits per heavy atom. The van der Waals surface area contributed by atoms with Gasteiger partial charge in [-0.15, -0.1) is 11.7 Å². The Balaban J connectivity index is 2.75. The van der Waals surface area contributed by atoms with Crippen LogP contribution < -0.4 is 0 Å². The minimum absolute atomic E-state index is 0.0591. The second-order valence-electron chi connectivity index (χ2n) is 2.66. The van der Waals surface area contributed by atoms with E-state index in [2.05, 4.69) is 18.5 Å². The second-order valence-corrected chi connectivity index (χ2v) is 2.66. The van der Waals surface area contributed by atoms with Crippen LogP contribution in [-0.2, 0) is 4.84 Å². The number of hydrogen-bond acceptors (Lipinski definition) is 2. The predicted molar refractivity (Wildman–Crippen MR) is 54.6 cm³/mol. The van der Waals surface area contributed by atoms with Crippen molar-refractivity contribution < 1.29 is 4.84 Å². The Kier molecular flexibility index (Phi) is 3.76. The maximum Gasteiger partial charge on any atom is 0.155 e. The van der Waals surface area contributed by atoms with Gasteiger partial charge in [-0.25, -0.2) is 0 Å². The first kappa shape index (κ1) is 9.52. The molecular weight excluding hydrogens is 162 g/mol. The van der Waals surface area contributed by atoms with Gasteiger partial charge in [-0.3, -0.25) is 0 Å². The van der Waals surface area contributed by atoms with Gasteiger partial charge in [-0.2, -0.15) is 0 Å². The largest absolute Gasteiger partial charge is 0.388 e. The van der Waals surface area contributed by atoms with Gasteiger partial charge in [0.25, 0.3) is 0 Å². The first-order chi connectivity index (χ1) is 6.38. The molecule has 0 fully saturated rings. The highest BCUT2D eigenvalue weighted by Gasteiger charge is 2.09. The molecule has 2 nitrogen and oxygen atoms in total. The molecule has 0 bridgehead atoms. The summed E-state index contributed by atoms with van der Waals surface area (Å²) < 4.78 is 0. The normalized spacial score (nSPS) is 11.7. The molecule has 0 saturated carbocycles. The summed E-state index contributed by atoms with van der Waals surface area (Å²) in [7, 11) is 0. The topological polar surface area (TPSA) is 21.6 Å². The molecule has 0 radical (unpaired) electrons. The summed E-state index contributed by atoms with van der Waals surface area (Å²) in [6, 6.07) is 9.91. The molecule has 0 spiro atoms. The standard InChI is InChI=1S/C11H13NO/c1-3-7-11(13-12-2)10-8-5-4-6-9-10/h3-6,8-9,11H,1-2,7H2. The first-order valence-corrected chi connectivity index (χ1v) is 4.16. The van der Waals surface area contributed by atoms with E-state index >= 15 is 0 Å². The molecule has 0 saturated heterocycles. The second kappa shape index (κ2) is 5.14. The van der Waals surface area contributed by atoms with E-state index in [0.29, 0.717) is 0 Å². The SMILES string of the molecule is C=CCC(ON=C)c1ccccc1. The van der Waals surface area contributed by atoms with Gasteiger partial charge < -0.3 is 4.84 Å². The lowest BCUT2D eigenvalue weighted by atomic mass is 10.1. The van der Waals surface area contributed by atoms with E-state index in [1.807, 2.05) is 36.4 Å². The van der Waals surface area contributed by atoms with Crippen LogP contribution in [0.5, 0.6) is 0 Å². The zero-order valence-electron chi connectivity index (χ0n) is 7.52. The predicted octanol–water partition coefficient (Wildman–Crippen LogP) is 2.94. The lowest BCUT2D eigenvalue weighted by Crippen LogP contribution is -1.98. The van der Waals surface area contributed by atoms with Crippen molar-refractivity contribution in [3.63, 3.8) is 0 Å². The Bertz CT molecular complexity index is 259. The van der Waals surface area contributed by atoms with E-state index < -0.39 is 0 Å². The summed E-state index contributed by atoms with van der Waals surface area (Å²) in [5, 5.41) is 3.43. The van der Waals surface area contributed by atoms with E-state index in [0.717, 1.165) is 12.0 Å². The van der Waals surface area contributed by atoms with Gasteiger partial charge in [0.15, 0.2) is 6.10 Å². The van der Waals surface area contributed by atoms with Crippen molar-refractivity contribution in [2.45, 2.75) is 12.5 Å². The monoisotopic (exact) mass is 175 g/mol. The van der Waals surface area contributed by atoms with Crippen molar-refractivity contribution >= 4 is 6.72 Å². The molecule has 0 heterocycles. The number of benzene rings is 1. The van der Waals surface area contributed by atoms with Crippen LogP contribution in [-0.4, -0.2) is 6.72 Å². The van der Waals surface area contributed by atoms with E-state index in [1.54, 1.807) is 0 Å². The van der Waals surface area contributed by atoms with Crippen molar-refractivity contribution in [1.82, 2.24) is 0 Å². The average molecular weight is 175 g/mol. The van der Waals surface area contributed by atoms with Crippen molar-refractivity contribution in [1.29, 1.82) is 0 Å². The number of hydrogen-bond donors (Lipinski definition) is 0. The lowest BCUT2D eigenvalue weighted by Gasteiger charge is -2.12. The van der Waals surface area contributed by atoms with Crippen LogP contribution in [0.3, 0.4) is 0 Å². The molecular formula is C11H13NO. The fourth-order valence-corrected chi connectivity index (χ4v) is 1.15. The third kappa shape index (κ3) is 2.75. The van der Waals surface area contributed by atoms with E-state index in [1.165, 1.54) is 0 Å². The maximum atomic E-state index is 5.11. The molecule has 13 heavy (non-hydrogen) atoms. The van der Waals surface area contributed by atoms with Crippen molar-refractivity contribution in [3.8, 4) is 0 Å². The zero-order chi connectivity index (χ0) is 9.52. The molecule has 0 N–H and O–H groups in total. The van der Waals surface area contributed by atoms with Crippen LogP contribution in [0.15, 0.2) is 48.1 Å². The van der Waals surface area contributed by atoms with Gasteiger partial charge >= 0.3 is 0 Å². The van der Waals surface area contributed by atoms with Crippen molar-refractivity contribution in [2.75, 3.05) is 0 Å². The number of nitrogens with zero attached hydrogens (tertiary/aromatic N) is 1. The Hall–Kier alpha value is -1.57. The van der Waals surface area contributed by atoms with Crippen LogP contribution in [0.4, 0.5) is 0 Å². The van der Waals surface area contributed by atoms with Gasteiger partial charge in [0, 0.05) is 13.1 Å². The summed E-state index contributed by atoms with van der Waals surface area (Å²) in [5.41, 5.74) is 1.09. The Labute approximate surface area is 78.5 Å². The van der Waals surface area contributed by atoms with Crippen molar-refractivity contribution in [3.05, 3.63) is 48.6 Å². The van der Waals surface area contributed by atoms with Crippen LogP contribution in [0.2, 0.25) is 0 Å². The van der Waals surface area contributed by atoms with Crippen LogP contribution >= 0.6 is 0 Å². The van der Waals surface area contributed by atoms with E-state index in [-0.39, 0.29) is 6.10 Å². The third-order valence-corrected chi connectivity index (χ3v) is 1.75. The van der Waals surface area contributed by atoms with Crippen LogP contribution in [0, 0.1) is 0 Å². The molecule has 68 valence electrons. The zero-order valence-corrected chi connectivity index (χ0v) is 7.52. The smallest absolute Gasteiger partial charge is 0.155 e. The number of rotatable bonds is 5. The minimum Gasteiger partial charge on any atom is -0.388 e. The average Bonchev–Trinajstić information content (AvgIpc) is 2.19. The summed E-state index contributed by atoms with van der Waals surface area (Å²) >= 11 is 0. The third-order valence-electron chi connectivity index (χ3n) is 1.75. The Morgan fingerprint density at radius 3 is 2.62 bits per heavy atom. The van der Waals surface area contributed by atoms with Gasteiger partial charge in [-0.05, 0) is 5.56 Å². The lowest BCUT2D eigenvalue weighted by molar-refractivity contribution is 0.0628. The summed E-state index contributed by atoms with van der Waals surface area (Å²) in [5.74, 6) is 0. The summed E-state index contributed by atoms with van der Waals surface area (Å²) in [4.78, 5) is 5.11. The van der Waals surface area contributed by atoms with Gasteiger partial charge in [0.2, 0.25) is 0 Å². The molecule has 1 aromatic rings. The van der Waals surface area contributed by atoms with Crippen molar-refractivity contribution in [2.24, 2.45) is 5.16 Å². The molecule has 0 amide bonds. The molecule has 1 atom stereocenters. The highest BCUT2D eigenvalue weighted by atomic mass is 16.6. The molecule has 1 rings (SSSR count). The number of oxime groups is 1. The first-order valence-electron chi connectivity index (χ1n) is 4.16. The van der Waals surface area contributed by atoms with E-state index in [4.69, 9.17) is 4.84 Å². The molecule has 1 unspecified atom stereocenters. The fraction of sp³-hybridized carbons (Fsp3) is 0.182. The minimum atomic E-state index is -0.0591. The molecule has 1 aromatic carbocycles. The van der Waals surface area contributed by atoms with Gasteiger partial charge in [0.05, 0.1) is 0 Å². The molecule has 0 aliphatic heterocycles. The highest BCUT2D eigenvalue weighted by molar-refractivity contribution is 5.22. The van der Waals surface area contributed by atoms with Gasteiger partial charge in [-0.1, -0.05) is 36.4 Å². The van der Waals surface area contributed by atoms with Crippen LogP contribution in [0.25, 0.3) is 0 Å². The van der Waals surface area contributed by atoms with Crippen LogP contribution in [0.1, 0.15) is 18.1 Å². The maximum absolute atomic E-state index is 5.11. The summed E-state index contributed by atoms with van der Waals surface area (Å²) in [6.07, 6.45) is 2.49. The highest BCUT2D eigenvalue weighted by Crippen LogP contribution is 2.20. The molecule has 0 aliphatic carbocycles. The fourth-order valence-electron chi connectivity index (χ4n) is 1.15. The Morgan fingerprint density at radius 2 is 2.08 bits per heavy atom. The van der Waals surface area contributed by atoms with Gasteiger partial charge in [0.1, 0.15) is 0 Å². The quantitative estimate of drug-likeness (QED) is 0.383. The molecule has 0 aliphatic rings. The van der Waals surface area contributed by atoms with E-state index in [9.17, 15) is 0 Å². The summed E-state index contributed by atoms with van der Waals surface area (Å²) in [6.45, 7) is 6.97.